The van der Waals surface area contributed by atoms with Crippen molar-refractivity contribution in [2.24, 2.45) is 17.6 Å². The maximum absolute atomic E-state index is 13.9. The maximum Gasteiger partial charge on any atom is 0.129 e. The zero-order chi connectivity index (χ0) is 13.2. The average molecular weight is 239 g/mol. The highest BCUT2D eigenvalue weighted by molar-refractivity contribution is 5.34. The first-order valence-electron chi connectivity index (χ1n) is 6.03. The Hall–Kier alpha value is -0.930. The lowest BCUT2D eigenvalue weighted by Gasteiger charge is -2.26. The highest BCUT2D eigenvalue weighted by atomic mass is 19.1. The SMILES string of the molecule is Cc1cc(C)c(C(O)C(CN)C(C)C)c(F)c1. The van der Waals surface area contributed by atoms with Crippen LogP contribution in [0.4, 0.5) is 4.39 Å². The Bertz CT molecular complexity index is 367. The third-order valence-corrected chi connectivity index (χ3v) is 3.31. The highest BCUT2D eigenvalue weighted by Crippen LogP contribution is 2.31. The molecule has 1 aromatic carbocycles. The van der Waals surface area contributed by atoms with Crippen LogP contribution in [0.25, 0.3) is 0 Å². The second-order valence-electron chi connectivity index (χ2n) is 5.07. The van der Waals surface area contributed by atoms with E-state index in [0.29, 0.717) is 12.1 Å². The average Bonchev–Trinajstić information content (AvgIpc) is 2.15. The number of aliphatic hydroxyl groups excluding tert-OH is 1. The van der Waals surface area contributed by atoms with Gasteiger partial charge < -0.3 is 10.8 Å². The molecule has 2 atom stereocenters. The topological polar surface area (TPSA) is 46.2 Å². The van der Waals surface area contributed by atoms with E-state index in [0.717, 1.165) is 11.1 Å². The molecular weight excluding hydrogens is 217 g/mol. The molecule has 2 unspecified atom stereocenters. The molecule has 0 aromatic heterocycles. The lowest BCUT2D eigenvalue weighted by atomic mass is 9.84. The van der Waals surface area contributed by atoms with Crippen molar-refractivity contribution in [3.8, 4) is 0 Å². The van der Waals surface area contributed by atoms with Gasteiger partial charge in [-0.15, -0.1) is 0 Å². The van der Waals surface area contributed by atoms with E-state index in [9.17, 15) is 9.50 Å². The van der Waals surface area contributed by atoms with Gasteiger partial charge in [0, 0.05) is 11.5 Å². The summed E-state index contributed by atoms with van der Waals surface area (Å²) in [7, 11) is 0. The van der Waals surface area contributed by atoms with Crippen LogP contribution in [0.3, 0.4) is 0 Å². The molecule has 0 bridgehead atoms. The normalized spacial score (nSPS) is 15.1. The van der Waals surface area contributed by atoms with Gasteiger partial charge in [0.05, 0.1) is 6.10 Å². The van der Waals surface area contributed by atoms with Crippen LogP contribution in [0.15, 0.2) is 12.1 Å². The highest BCUT2D eigenvalue weighted by Gasteiger charge is 2.26. The first-order chi connectivity index (χ1) is 7.88. The third-order valence-electron chi connectivity index (χ3n) is 3.31. The van der Waals surface area contributed by atoms with Crippen LogP contribution >= 0.6 is 0 Å². The summed E-state index contributed by atoms with van der Waals surface area (Å²) in [5.74, 6) is -0.241. The van der Waals surface area contributed by atoms with Gasteiger partial charge in [0.1, 0.15) is 5.82 Å². The summed E-state index contributed by atoms with van der Waals surface area (Å²) in [6.45, 7) is 7.99. The lowest BCUT2D eigenvalue weighted by Crippen LogP contribution is -2.27. The van der Waals surface area contributed by atoms with Gasteiger partial charge in [-0.2, -0.15) is 0 Å². The number of benzene rings is 1. The molecule has 0 saturated heterocycles. The minimum atomic E-state index is -0.833. The summed E-state index contributed by atoms with van der Waals surface area (Å²) in [5, 5.41) is 10.3. The fourth-order valence-electron chi connectivity index (χ4n) is 2.28. The van der Waals surface area contributed by atoms with Crippen molar-refractivity contribution in [3.63, 3.8) is 0 Å². The van der Waals surface area contributed by atoms with Gasteiger partial charge >= 0.3 is 0 Å². The molecule has 0 aliphatic heterocycles. The van der Waals surface area contributed by atoms with Crippen molar-refractivity contribution in [3.05, 3.63) is 34.6 Å². The molecular formula is C14H22FNO. The monoisotopic (exact) mass is 239 g/mol. The van der Waals surface area contributed by atoms with Crippen molar-refractivity contribution in [2.45, 2.75) is 33.8 Å². The van der Waals surface area contributed by atoms with Gasteiger partial charge in [0.25, 0.3) is 0 Å². The summed E-state index contributed by atoms with van der Waals surface area (Å²) >= 11 is 0. The van der Waals surface area contributed by atoms with Crippen molar-refractivity contribution >= 4 is 0 Å². The number of hydrogen-bond acceptors (Lipinski definition) is 2. The Morgan fingerprint density at radius 3 is 2.29 bits per heavy atom. The van der Waals surface area contributed by atoms with Crippen LogP contribution in [0.5, 0.6) is 0 Å². The Morgan fingerprint density at radius 2 is 1.88 bits per heavy atom. The smallest absolute Gasteiger partial charge is 0.129 e. The van der Waals surface area contributed by atoms with Crippen LogP contribution in [0, 0.1) is 31.5 Å². The first kappa shape index (κ1) is 14.1. The number of rotatable bonds is 4. The van der Waals surface area contributed by atoms with Crippen molar-refractivity contribution < 1.29 is 9.50 Å². The summed E-state index contributed by atoms with van der Waals surface area (Å²) in [5.41, 5.74) is 7.70. The van der Waals surface area contributed by atoms with E-state index in [1.54, 1.807) is 0 Å². The van der Waals surface area contributed by atoms with E-state index in [2.05, 4.69) is 0 Å². The number of nitrogens with two attached hydrogens (primary N) is 1. The van der Waals surface area contributed by atoms with E-state index in [4.69, 9.17) is 5.73 Å². The molecule has 3 N–H and O–H groups in total. The molecule has 0 aliphatic rings. The predicted molar refractivity (Wildman–Crippen MR) is 68.2 cm³/mol. The minimum Gasteiger partial charge on any atom is -0.388 e. The van der Waals surface area contributed by atoms with Gasteiger partial charge in [0.15, 0.2) is 0 Å². The maximum atomic E-state index is 13.9. The van der Waals surface area contributed by atoms with E-state index in [-0.39, 0.29) is 17.7 Å². The quantitative estimate of drug-likeness (QED) is 0.848. The summed E-state index contributed by atoms with van der Waals surface area (Å²) in [4.78, 5) is 0. The van der Waals surface area contributed by atoms with Gasteiger partial charge in [0.2, 0.25) is 0 Å². The standard InChI is InChI=1S/C14H22FNO/c1-8(2)11(7-16)14(17)13-10(4)5-9(3)6-12(13)15/h5-6,8,11,14,17H,7,16H2,1-4H3. The summed E-state index contributed by atoms with van der Waals surface area (Å²) in [6.07, 6.45) is -0.833. The molecule has 0 fully saturated rings. The third kappa shape index (κ3) is 3.05. The number of aliphatic hydroxyl groups is 1. The Kier molecular flexibility index (Phi) is 4.66. The molecule has 17 heavy (non-hydrogen) atoms. The number of halogens is 1. The van der Waals surface area contributed by atoms with Crippen molar-refractivity contribution in [1.29, 1.82) is 0 Å². The second-order valence-corrected chi connectivity index (χ2v) is 5.07. The molecule has 0 heterocycles. The molecule has 0 saturated carbocycles. The van der Waals surface area contributed by atoms with Crippen LogP contribution < -0.4 is 5.73 Å². The van der Waals surface area contributed by atoms with Crippen LogP contribution in [0.2, 0.25) is 0 Å². The Balaban J connectivity index is 3.15. The molecule has 1 rings (SSSR count). The fourth-order valence-corrected chi connectivity index (χ4v) is 2.28. The van der Waals surface area contributed by atoms with Gasteiger partial charge in [-0.25, -0.2) is 4.39 Å². The van der Waals surface area contributed by atoms with E-state index < -0.39 is 6.10 Å². The molecule has 0 radical (unpaired) electrons. The van der Waals surface area contributed by atoms with Crippen LogP contribution in [-0.4, -0.2) is 11.7 Å². The van der Waals surface area contributed by atoms with Crippen LogP contribution in [0.1, 0.15) is 36.6 Å². The first-order valence-corrected chi connectivity index (χ1v) is 6.03. The Labute approximate surface area is 103 Å². The molecule has 0 spiro atoms. The summed E-state index contributed by atoms with van der Waals surface area (Å²) < 4.78 is 13.9. The predicted octanol–water partition coefficient (Wildman–Crippen LogP) is 2.71. The zero-order valence-electron chi connectivity index (χ0n) is 11.0. The number of aryl methyl sites for hydroxylation is 2. The van der Waals surface area contributed by atoms with Gasteiger partial charge in [-0.3, -0.25) is 0 Å². The minimum absolute atomic E-state index is 0.120. The van der Waals surface area contributed by atoms with Crippen molar-refractivity contribution in [1.82, 2.24) is 0 Å². The number of hydrogen-bond donors (Lipinski definition) is 2. The largest absolute Gasteiger partial charge is 0.388 e. The van der Waals surface area contributed by atoms with Crippen LogP contribution in [-0.2, 0) is 0 Å². The van der Waals surface area contributed by atoms with Crippen molar-refractivity contribution in [2.75, 3.05) is 6.54 Å². The lowest BCUT2D eigenvalue weighted by molar-refractivity contribution is 0.0822. The molecule has 2 nitrogen and oxygen atoms in total. The van der Waals surface area contributed by atoms with E-state index >= 15 is 0 Å². The summed E-state index contributed by atoms with van der Waals surface area (Å²) in [6, 6.07) is 3.34. The van der Waals surface area contributed by atoms with E-state index in [1.807, 2.05) is 33.8 Å². The second kappa shape index (κ2) is 5.61. The fraction of sp³-hybridized carbons (Fsp3) is 0.571. The molecule has 3 heteroatoms. The Morgan fingerprint density at radius 1 is 1.29 bits per heavy atom. The molecule has 96 valence electrons. The van der Waals surface area contributed by atoms with Gasteiger partial charge in [-0.05, 0) is 43.5 Å². The van der Waals surface area contributed by atoms with E-state index in [1.165, 1.54) is 6.07 Å². The van der Waals surface area contributed by atoms with Gasteiger partial charge in [-0.1, -0.05) is 19.9 Å². The zero-order valence-corrected chi connectivity index (χ0v) is 11.0. The molecule has 0 amide bonds. The molecule has 0 aliphatic carbocycles. The molecule has 1 aromatic rings.